The van der Waals surface area contributed by atoms with E-state index >= 15 is 0 Å². The van der Waals surface area contributed by atoms with Crippen molar-refractivity contribution in [2.75, 3.05) is 37.7 Å². The number of fused-ring (bicyclic) bond motifs is 2. The maximum Gasteiger partial charge on any atom is 0.267 e. The number of rotatable bonds is 2. The summed E-state index contributed by atoms with van der Waals surface area (Å²) in [7, 11) is 0. The van der Waals surface area contributed by atoms with Crippen LogP contribution in [0.1, 0.15) is 11.1 Å². The van der Waals surface area contributed by atoms with Gasteiger partial charge in [-0.15, -0.1) is 0 Å². The summed E-state index contributed by atoms with van der Waals surface area (Å²) in [4.78, 5) is 21.9. The Labute approximate surface area is 173 Å². The highest BCUT2D eigenvalue weighted by Crippen LogP contribution is 2.33. The third kappa shape index (κ3) is 3.40. The number of carbonyl (C=O) groups is 1. The van der Waals surface area contributed by atoms with Crippen LogP contribution < -0.4 is 14.4 Å². The number of thiazole rings is 1. The molecule has 1 saturated heterocycles. The van der Waals surface area contributed by atoms with Gasteiger partial charge in [0.25, 0.3) is 5.91 Å². The van der Waals surface area contributed by atoms with Crippen LogP contribution in [0.5, 0.6) is 11.5 Å². The first-order valence-corrected chi connectivity index (χ1v) is 10.7. The van der Waals surface area contributed by atoms with E-state index in [9.17, 15) is 4.79 Å². The van der Waals surface area contributed by atoms with Crippen LogP contribution >= 0.6 is 11.3 Å². The summed E-state index contributed by atoms with van der Waals surface area (Å²) in [5.74, 6) is 1.33. The molecule has 7 heteroatoms. The molecule has 2 aliphatic heterocycles. The number of hydrogen-bond acceptors (Lipinski definition) is 6. The predicted molar refractivity (Wildman–Crippen MR) is 114 cm³/mol. The highest BCUT2D eigenvalue weighted by Gasteiger charge is 2.33. The van der Waals surface area contributed by atoms with E-state index in [1.807, 2.05) is 29.2 Å². The van der Waals surface area contributed by atoms with E-state index in [-0.39, 0.29) is 12.5 Å². The number of anilines is 1. The predicted octanol–water partition coefficient (Wildman–Crippen LogP) is 3.40. The zero-order valence-corrected chi connectivity index (χ0v) is 17.4. The van der Waals surface area contributed by atoms with E-state index in [0.29, 0.717) is 24.6 Å². The first-order valence-electron chi connectivity index (χ1n) is 9.88. The van der Waals surface area contributed by atoms with Crippen molar-refractivity contribution in [3.8, 4) is 11.5 Å². The minimum Gasteiger partial charge on any atom is -0.485 e. The van der Waals surface area contributed by atoms with Crippen molar-refractivity contribution < 1.29 is 14.3 Å². The summed E-state index contributed by atoms with van der Waals surface area (Å²) < 4.78 is 12.8. The van der Waals surface area contributed by atoms with Crippen molar-refractivity contribution in [1.82, 2.24) is 9.88 Å². The molecule has 1 fully saturated rings. The van der Waals surface area contributed by atoms with Gasteiger partial charge in [-0.05, 0) is 49.2 Å². The lowest BCUT2D eigenvalue weighted by atomic mass is 10.1. The summed E-state index contributed by atoms with van der Waals surface area (Å²) in [5.41, 5.74) is 3.61. The molecule has 0 saturated carbocycles. The molecule has 0 radical (unpaired) electrons. The number of benzene rings is 2. The number of hydrogen-bond donors (Lipinski definition) is 0. The number of nitrogens with zero attached hydrogens (tertiary/aromatic N) is 3. The summed E-state index contributed by atoms with van der Waals surface area (Å²) in [6.45, 7) is 7.37. The molecule has 0 unspecified atom stereocenters. The lowest BCUT2D eigenvalue weighted by Gasteiger charge is -2.37. The molecule has 6 nitrogen and oxygen atoms in total. The van der Waals surface area contributed by atoms with Gasteiger partial charge in [0.1, 0.15) is 6.61 Å². The van der Waals surface area contributed by atoms with E-state index in [1.54, 1.807) is 11.3 Å². The number of amides is 1. The van der Waals surface area contributed by atoms with Gasteiger partial charge >= 0.3 is 0 Å². The Kier molecular flexibility index (Phi) is 4.54. The van der Waals surface area contributed by atoms with Gasteiger partial charge in [0.15, 0.2) is 16.6 Å². The maximum atomic E-state index is 12.9. The van der Waals surface area contributed by atoms with E-state index < -0.39 is 6.10 Å². The van der Waals surface area contributed by atoms with Crippen molar-refractivity contribution in [2.45, 2.75) is 20.0 Å². The van der Waals surface area contributed by atoms with Gasteiger partial charge in [-0.2, -0.15) is 0 Å². The van der Waals surface area contributed by atoms with Crippen molar-refractivity contribution in [3.05, 3.63) is 47.5 Å². The second-order valence-corrected chi connectivity index (χ2v) is 8.59. The van der Waals surface area contributed by atoms with Crippen molar-refractivity contribution in [3.63, 3.8) is 0 Å². The molecule has 2 aliphatic rings. The Bertz CT molecular complexity index is 1030. The van der Waals surface area contributed by atoms with E-state index in [2.05, 4.69) is 30.9 Å². The lowest BCUT2D eigenvalue weighted by Crippen LogP contribution is -2.54. The number of aromatic nitrogens is 1. The SMILES string of the molecule is Cc1cc2nc(N3CCN(C(=O)[C@@H]4COc5ccccc5O4)CC3)sc2cc1C. The Morgan fingerprint density at radius 1 is 1.07 bits per heavy atom. The van der Waals surface area contributed by atoms with Gasteiger partial charge in [0.05, 0.1) is 10.2 Å². The average molecular weight is 410 g/mol. The first kappa shape index (κ1) is 18.2. The third-order valence-corrected chi connectivity index (χ3v) is 6.72. The molecule has 1 aromatic heterocycles. The lowest BCUT2D eigenvalue weighted by molar-refractivity contribution is -0.141. The number of piperazine rings is 1. The van der Waals surface area contributed by atoms with Gasteiger partial charge in [-0.25, -0.2) is 4.98 Å². The summed E-state index contributed by atoms with van der Waals surface area (Å²) in [5, 5.41) is 1.03. The van der Waals surface area contributed by atoms with Gasteiger partial charge in [-0.1, -0.05) is 23.5 Å². The zero-order valence-electron chi connectivity index (χ0n) is 16.6. The van der Waals surface area contributed by atoms with Gasteiger partial charge < -0.3 is 19.3 Å². The van der Waals surface area contributed by atoms with Crippen LogP contribution in [0.4, 0.5) is 5.13 Å². The quantitative estimate of drug-likeness (QED) is 0.649. The van der Waals surface area contributed by atoms with E-state index in [4.69, 9.17) is 14.5 Å². The second-order valence-electron chi connectivity index (χ2n) is 7.58. The van der Waals surface area contributed by atoms with Crippen LogP contribution in [-0.4, -0.2) is 54.7 Å². The highest BCUT2D eigenvalue weighted by atomic mass is 32.1. The fourth-order valence-electron chi connectivity index (χ4n) is 3.77. The van der Waals surface area contributed by atoms with Crippen LogP contribution in [0.3, 0.4) is 0 Å². The minimum absolute atomic E-state index is 0.00491. The fourth-order valence-corrected chi connectivity index (χ4v) is 4.86. The third-order valence-electron chi connectivity index (χ3n) is 5.64. The molecule has 1 atom stereocenters. The molecular weight excluding hydrogens is 386 g/mol. The molecule has 5 rings (SSSR count). The van der Waals surface area contributed by atoms with E-state index in [0.717, 1.165) is 23.7 Å². The second kappa shape index (κ2) is 7.22. The molecule has 0 spiro atoms. The Hall–Kier alpha value is -2.80. The van der Waals surface area contributed by atoms with Gasteiger partial charge in [0.2, 0.25) is 6.10 Å². The molecule has 3 heterocycles. The van der Waals surface area contributed by atoms with Crippen molar-refractivity contribution in [2.24, 2.45) is 0 Å². The molecule has 1 amide bonds. The molecular formula is C22H23N3O3S. The van der Waals surface area contributed by atoms with Crippen LogP contribution in [0, 0.1) is 13.8 Å². The molecule has 2 aromatic carbocycles. The zero-order chi connectivity index (χ0) is 20.0. The van der Waals surface area contributed by atoms with Gasteiger partial charge in [0, 0.05) is 26.2 Å². The van der Waals surface area contributed by atoms with Crippen LogP contribution in [-0.2, 0) is 4.79 Å². The Morgan fingerprint density at radius 2 is 1.79 bits per heavy atom. The topological polar surface area (TPSA) is 54.9 Å². The van der Waals surface area contributed by atoms with Crippen LogP contribution in [0.15, 0.2) is 36.4 Å². The number of para-hydroxylation sites is 2. The molecule has 150 valence electrons. The average Bonchev–Trinajstić information content (AvgIpc) is 3.16. The molecule has 0 aliphatic carbocycles. The molecule has 29 heavy (non-hydrogen) atoms. The van der Waals surface area contributed by atoms with Gasteiger partial charge in [-0.3, -0.25) is 4.79 Å². The molecule has 0 bridgehead atoms. The number of aryl methyl sites for hydroxylation is 2. The smallest absolute Gasteiger partial charge is 0.267 e. The van der Waals surface area contributed by atoms with Crippen molar-refractivity contribution in [1.29, 1.82) is 0 Å². The summed E-state index contributed by atoms with van der Waals surface area (Å²) in [6.07, 6.45) is -0.579. The standard InChI is InChI=1S/C22H23N3O3S/c1-14-11-16-20(12-15(14)2)29-22(23-16)25-9-7-24(8-10-25)21(26)19-13-27-17-5-3-4-6-18(17)28-19/h3-6,11-12,19H,7-10,13H2,1-2H3/t19-/m0/s1. The Morgan fingerprint density at radius 3 is 2.59 bits per heavy atom. The normalized spacial score (nSPS) is 18.9. The van der Waals surface area contributed by atoms with Crippen LogP contribution in [0.2, 0.25) is 0 Å². The molecule has 3 aromatic rings. The van der Waals surface area contributed by atoms with E-state index in [1.165, 1.54) is 15.8 Å². The number of ether oxygens (including phenoxy) is 2. The largest absolute Gasteiger partial charge is 0.485 e. The fraction of sp³-hybridized carbons (Fsp3) is 0.364. The molecule has 0 N–H and O–H groups in total. The highest BCUT2D eigenvalue weighted by molar-refractivity contribution is 7.22. The summed E-state index contributed by atoms with van der Waals surface area (Å²) >= 11 is 1.72. The van der Waals surface area contributed by atoms with Crippen molar-refractivity contribution >= 4 is 32.6 Å². The number of carbonyl (C=O) groups excluding carboxylic acids is 1. The maximum absolute atomic E-state index is 12.9. The summed E-state index contributed by atoms with van der Waals surface area (Å²) in [6, 6.07) is 11.8. The Balaban J connectivity index is 1.24. The van der Waals surface area contributed by atoms with Crippen LogP contribution in [0.25, 0.3) is 10.2 Å². The first-order chi connectivity index (χ1) is 14.1. The monoisotopic (exact) mass is 409 g/mol. The minimum atomic E-state index is -0.579.